The van der Waals surface area contributed by atoms with Gasteiger partial charge in [0.1, 0.15) is 11.6 Å². The Morgan fingerprint density at radius 1 is 1.26 bits per heavy atom. The van der Waals surface area contributed by atoms with Gasteiger partial charge in [0.15, 0.2) is 0 Å². The van der Waals surface area contributed by atoms with E-state index < -0.39 is 12.0 Å². The highest BCUT2D eigenvalue weighted by Crippen LogP contribution is 2.32. The number of fused-ring (bicyclic) bond motifs is 2. The summed E-state index contributed by atoms with van der Waals surface area (Å²) in [5.41, 5.74) is 1.65. The highest BCUT2D eigenvalue weighted by Gasteiger charge is 2.37. The molecular weight excluding hydrogens is 363 g/mol. The van der Waals surface area contributed by atoms with Gasteiger partial charge in [0, 0.05) is 20.1 Å². The third kappa shape index (κ3) is 3.48. The van der Waals surface area contributed by atoms with Crippen molar-refractivity contribution in [3.63, 3.8) is 0 Å². The number of hydrogen-bond acceptors (Lipinski definition) is 5. The number of rotatable bonds is 2. The monoisotopic (exact) mass is 381 g/mol. The van der Waals surface area contributed by atoms with Crippen molar-refractivity contribution in [2.24, 2.45) is 0 Å². The maximum absolute atomic E-state index is 12.8. The predicted molar refractivity (Wildman–Crippen MR) is 89.1 cm³/mol. The number of nitrogens with zero attached hydrogens (tertiary/aromatic N) is 5. The first-order chi connectivity index (χ1) is 12.8. The van der Waals surface area contributed by atoms with E-state index in [1.165, 1.54) is 4.68 Å². The molecule has 1 aromatic carbocycles. The molecule has 0 saturated heterocycles. The summed E-state index contributed by atoms with van der Waals surface area (Å²) >= 11 is 0. The van der Waals surface area contributed by atoms with Crippen molar-refractivity contribution >= 4 is 11.6 Å². The Bertz CT molecular complexity index is 880. The van der Waals surface area contributed by atoms with E-state index in [4.69, 9.17) is 4.74 Å². The molecule has 0 N–H and O–H groups in total. The van der Waals surface area contributed by atoms with E-state index in [0.29, 0.717) is 49.9 Å². The van der Waals surface area contributed by atoms with Gasteiger partial charge < -0.3 is 9.64 Å². The summed E-state index contributed by atoms with van der Waals surface area (Å²) in [4.78, 5) is 19.2. The Balaban J connectivity index is 1.51. The summed E-state index contributed by atoms with van der Waals surface area (Å²) in [6, 6.07) is 5.62. The molecule has 0 aliphatic carbocycles. The molecule has 144 valence electrons. The van der Waals surface area contributed by atoms with Crippen molar-refractivity contribution in [1.82, 2.24) is 19.7 Å². The fraction of sp³-hybridized carbons (Fsp3) is 0.471. The van der Waals surface area contributed by atoms with Gasteiger partial charge in [0.25, 0.3) is 5.82 Å². The van der Waals surface area contributed by atoms with Gasteiger partial charge in [0.05, 0.1) is 31.8 Å². The quantitative estimate of drug-likeness (QED) is 0.797. The van der Waals surface area contributed by atoms with Gasteiger partial charge in [0.2, 0.25) is 5.91 Å². The van der Waals surface area contributed by atoms with Gasteiger partial charge in [-0.2, -0.15) is 13.2 Å². The number of anilines is 1. The second-order valence-electron chi connectivity index (χ2n) is 6.64. The lowest BCUT2D eigenvalue weighted by atomic mass is 10.1. The van der Waals surface area contributed by atoms with Crippen LogP contribution in [-0.4, -0.2) is 45.8 Å². The smallest absolute Gasteiger partial charge is 0.453 e. The zero-order valence-electron chi connectivity index (χ0n) is 14.7. The van der Waals surface area contributed by atoms with E-state index in [2.05, 4.69) is 10.1 Å². The number of carbonyl (C=O) groups excluding carboxylic acids is 1. The molecule has 0 atom stereocenters. The molecule has 0 spiro atoms. The van der Waals surface area contributed by atoms with Crippen LogP contribution < -0.4 is 9.64 Å². The van der Waals surface area contributed by atoms with Crippen molar-refractivity contribution in [3.8, 4) is 5.75 Å². The average Bonchev–Trinajstić information content (AvgIpc) is 3.00. The molecule has 0 unspecified atom stereocenters. The third-order valence-corrected chi connectivity index (χ3v) is 4.73. The Kier molecular flexibility index (Phi) is 4.29. The maximum atomic E-state index is 12.8. The molecule has 0 radical (unpaired) electrons. The fourth-order valence-electron chi connectivity index (χ4n) is 3.29. The molecule has 1 amide bonds. The van der Waals surface area contributed by atoms with Gasteiger partial charge >= 0.3 is 6.18 Å². The van der Waals surface area contributed by atoms with Crippen molar-refractivity contribution in [2.45, 2.75) is 32.2 Å². The molecule has 2 aliphatic rings. The minimum Gasteiger partial charge on any atom is -0.491 e. The molecule has 0 fully saturated rings. The third-order valence-electron chi connectivity index (χ3n) is 4.73. The van der Waals surface area contributed by atoms with Gasteiger partial charge in [-0.3, -0.25) is 9.69 Å². The summed E-state index contributed by atoms with van der Waals surface area (Å²) in [7, 11) is 1.71. The number of hydrogen-bond donors (Lipinski definition) is 0. The Labute approximate surface area is 153 Å². The van der Waals surface area contributed by atoms with Crippen LogP contribution in [-0.2, 0) is 30.6 Å². The first kappa shape index (κ1) is 17.8. The van der Waals surface area contributed by atoms with Crippen LogP contribution in [0.4, 0.5) is 18.9 Å². The van der Waals surface area contributed by atoms with E-state index in [-0.39, 0.29) is 12.5 Å². The number of benzene rings is 1. The summed E-state index contributed by atoms with van der Waals surface area (Å²) in [6.45, 7) is 2.08. The molecule has 4 rings (SSSR count). The van der Waals surface area contributed by atoms with E-state index in [1.807, 2.05) is 23.1 Å². The van der Waals surface area contributed by atoms with Gasteiger partial charge in [-0.05, 0) is 17.7 Å². The molecule has 2 aromatic rings. The lowest BCUT2D eigenvalue weighted by molar-refractivity contribution is -0.145. The van der Waals surface area contributed by atoms with Crippen molar-refractivity contribution in [1.29, 1.82) is 0 Å². The minimum absolute atomic E-state index is 0.0170. The van der Waals surface area contributed by atoms with Crippen LogP contribution in [0.3, 0.4) is 0 Å². The van der Waals surface area contributed by atoms with Crippen LogP contribution in [0.15, 0.2) is 18.2 Å². The first-order valence-corrected chi connectivity index (χ1v) is 8.57. The molecule has 10 heteroatoms. The second-order valence-corrected chi connectivity index (χ2v) is 6.64. The van der Waals surface area contributed by atoms with E-state index in [9.17, 15) is 18.0 Å². The summed E-state index contributed by atoms with van der Waals surface area (Å²) < 4.78 is 45.3. The van der Waals surface area contributed by atoms with Crippen LogP contribution in [0.5, 0.6) is 5.75 Å². The minimum atomic E-state index is -4.54. The molecule has 27 heavy (non-hydrogen) atoms. The summed E-state index contributed by atoms with van der Waals surface area (Å²) in [6.07, 6.45) is -4.22. The number of halogens is 3. The Morgan fingerprint density at radius 2 is 2.07 bits per heavy atom. The number of carbonyl (C=O) groups is 1. The van der Waals surface area contributed by atoms with Crippen molar-refractivity contribution in [3.05, 3.63) is 35.4 Å². The average molecular weight is 381 g/mol. The maximum Gasteiger partial charge on any atom is 0.453 e. The van der Waals surface area contributed by atoms with E-state index in [1.54, 1.807) is 11.9 Å². The number of alkyl halides is 3. The van der Waals surface area contributed by atoms with Crippen LogP contribution in [0.25, 0.3) is 0 Å². The normalized spacial score (nSPS) is 17.9. The molecule has 3 heterocycles. The van der Waals surface area contributed by atoms with E-state index in [0.717, 1.165) is 5.56 Å². The SMILES string of the molecule is CN1C(=O)CCOc2ccc(CN3CCn4nc(C(F)(F)F)nc4C3)cc21. The molecule has 0 bridgehead atoms. The van der Waals surface area contributed by atoms with Crippen LogP contribution in [0.2, 0.25) is 0 Å². The largest absolute Gasteiger partial charge is 0.491 e. The van der Waals surface area contributed by atoms with Gasteiger partial charge in [-0.1, -0.05) is 6.07 Å². The summed E-state index contributed by atoms with van der Waals surface area (Å²) in [5.74, 6) is -0.155. The Hall–Kier alpha value is -2.62. The highest BCUT2D eigenvalue weighted by atomic mass is 19.4. The molecular formula is C17H18F3N5O2. The van der Waals surface area contributed by atoms with Gasteiger partial charge in [-0.25, -0.2) is 9.67 Å². The standard InChI is InChI=1S/C17H18F3N5O2/c1-23-12-8-11(2-3-13(12)27-7-4-15(23)26)9-24-5-6-25-14(10-24)21-16(22-25)17(18,19)20/h2-3,8H,4-7,9-10H2,1H3. The highest BCUT2D eigenvalue weighted by molar-refractivity contribution is 5.95. The molecule has 2 aliphatic heterocycles. The van der Waals surface area contributed by atoms with Crippen LogP contribution in [0, 0.1) is 0 Å². The van der Waals surface area contributed by atoms with Crippen molar-refractivity contribution in [2.75, 3.05) is 25.1 Å². The van der Waals surface area contributed by atoms with Gasteiger partial charge in [-0.15, -0.1) is 5.10 Å². The zero-order valence-corrected chi connectivity index (χ0v) is 14.7. The Morgan fingerprint density at radius 3 is 2.85 bits per heavy atom. The predicted octanol–water partition coefficient (Wildman–Crippen LogP) is 2.06. The zero-order chi connectivity index (χ0) is 19.2. The second kappa shape index (κ2) is 6.52. The molecule has 0 saturated carbocycles. The summed E-state index contributed by atoms with van der Waals surface area (Å²) in [5, 5.41) is 3.54. The number of amides is 1. The lowest BCUT2D eigenvalue weighted by Crippen LogP contribution is -2.33. The molecule has 7 nitrogen and oxygen atoms in total. The lowest BCUT2D eigenvalue weighted by Gasteiger charge is -2.27. The topological polar surface area (TPSA) is 63.5 Å². The fourth-order valence-corrected chi connectivity index (χ4v) is 3.29. The number of aromatic nitrogens is 3. The van der Waals surface area contributed by atoms with Crippen LogP contribution >= 0.6 is 0 Å². The first-order valence-electron chi connectivity index (χ1n) is 8.57. The van der Waals surface area contributed by atoms with Crippen LogP contribution in [0.1, 0.15) is 23.6 Å². The van der Waals surface area contributed by atoms with Crippen molar-refractivity contribution < 1.29 is 22.7 Å². The molecule has 1 aromatic heterocycles. The van der Waals surface area contributed by atoms with E-state index >= 15 is 0 Å². The number of ether oxygens (including phenoxy) is 1.